The molecule has 0 atom stereocenters. The summed E-state index contributed by atoms with van der Waals surface area (Å²) in [6.07, 6.45) is 0. The lowest BCUT2D eigenvalue weighted by Gasteiger charge is -1.82. The minimum Gasteiger partial charge on any atom is -0.473 e. The van der Waals surface area contributed by atoms with Gasteiger partial charge in [-0.15, -0.1) is 0 Å². The van der Waals surface area contributed by atoms with E-state index in [0.717, 1.165) is 0 Å². The topological polar surface area (TPSA) is 37.3 Å². The van der Waals surface area contributed by atoms with Crippen molar-refractivity contribution in [2.24, 2.45) is 0 Å². The molecule has 1 aromatic rings. The summed E-state index contributed by atoms with van der Waals surface area (Å²) in [6.45, 7) is 2.08. The van der Waals surface area contributed by atoms with E-state index >= 15 is 0 Å². The first-order valence-corrected chi connectivity index (χ1v) is 3.51. The van der Waals surface area contributed by atoms with E-state index in [0.29, 0.717) is 0 Å². The summed E-state index contributed by atoms with van der Waals surface area (Å²) >= 11 is 2.88. The highest BCUT2D eigenvalue weighted by Crippen LogP contribution is 1.92. The van der Waals surface area contributed by atoms with Crippen LogP contribution in [0.15, 0.2) is 30.3 Å². The van der Waals surface area contributed by atoms with Gasteiger partial charge in [-0.1, -0.05) is 48.5 Å². The van der Waals surface area contributed by atoms with Gasteiger partial charge in [0.2, 0.25) is 0 Å². The van der Waals surface area contributed by atoms with E-state index in [9.17, 15) is 0 Å². The summed E-state index contributed by atoms with van der Waals surface area (Å²) in [7, 11) is 0. The fourth-order valence-electron chi connectivity index (χ4n) is 0.534. The van der Waals surface area contributed by atoms with Crippen LogP contribution < -0.4 is 0 Å². The molecule has 2 nitrogen and oxygen atoms in total. The monoisotopic (exact) mass is 170 g/mol. The second-order valence-corrected chi connectivity index (χ2v) is 2.32. The van der Waals surface area contributed by atoms with Crippen molar-refractivity contribution in [3.8, 4) is 0 Å². The van der Waals surface area contributed by atoms with Crippen LogP contribution in [0.3, 0.4) is 0 Å². The Balaban J connectivity index is 0.000000218. The maximum Gasteiger partial charge on any atom is 0.361 e. The Labute approximate surface area is 71.3 Å². The first-order valence-electron chi connectivity index (χ1n) is 3.06. The maximum atomic E-state index is 8.86. The van der Waals surface area contributed by atoms with Crippen molar-refractivity contribution in [3.63, 3.8) is 0 Å². The molecule has 0 aliphatic carbocycles. The molecular weight excluding hydrogens is 160 g/mol. The number of thiol groups is 1. The van der Waals surface area contributed by atoms with Crippen LogP contribution in [0.4, 0.5) is 4.79 Å². The van der Waals surface area contributed by atoms with Gasteiger partial charge in [0.1, 0.15) is 0 Å². The van der Waals surface area contributed by atoms with E-state index in [2.05, 4.69) is 31.7 Å². The molecule has 0 fully saturated rings. The van der Waals surface area contributed by atoms with Gasteiger partial charge in [0.05, 0.1) is 0 Å². The van der Waals surface area contributed by atoms with Crippen LogP contribution in [0, 0.1) is 6.92 Å². The van der Waals surface area contributed by atoms with Crippen molar-refractivity contribution in [2.45, 2.75) is 6.92 Å². The van der Waals surface area contributed by atoms with Gasteiger partial charge in [-0.3, -0.25) is 0 Å². The molecule has 3 heteroatoms. The molecule has 1 aromatic carbocycles. The minimum absolute atomic E-state index is 1.14. The molecule has 0 bridgehead atoms. The summed E-state index contributed by atoms with van der Waals surface area (Å²) in [5.74, 6) is 0. The first kappa shape index (κ1) is 10.0. The van der Waals surface area contributed by atoms with Gasteiger partial charge in [0, 0.05) is 0 Å². The van der Waals surface area contributed by atoms with Crippen LogP contribution in [-0.2, 0) is 0 Å². The van der Waals surface area contributed by atoms with E-state index in [1.165, 1.54) is 5.56 Å². The Morgan fingerprint density at radius 3 is 1.91 bits per heavy atom. The fourth-order valence-corrected chi connectivity index (χ4v) is 0.534. The molecule has 0 unspecified atom stereocenters. The molecule has 1 N–H and O–H groups in total. The third kappa shape index (κ3) is 9.04. The van der Waals surface area contributed by atoms with Crippen LogP contribution in [0.2, 0.25) is 0 Å². The van der Waals surface area contributed by atoms with Crippen LogP contribution in [0.1, 0.15) is 5.56 Å². The zero-order valence-corrected chi connectivity index (χ0v) is 7.08. The Bertz CT molecular complexity index is 205. The summed E-state index contributed by atoms with van der Waals surface area (Å²) in [5.41, 5.74) is 1.32. The third-order valence-corrected chi connectivity index (χ3v) is 0.940. The summed E-state index contributed by atoms with van der Waals surface area (Å²) in [4.78, 5) is 8.86. The molecule has 0 aliphatic heterocycles. The highest BCUT2D eigenvalue weighted by atomic mass is 32.1. The number of benzene rings is 1. The van der Waals surface area contributed by atoms with Crippen molar-refractivity contribution < 1.29 is 9.90 Å². The molecule has 0 saturated heterocycles. The number of carboxylic acid groups (broad SMARTS) is 1. The minimum atomic E-state index is -1.14. The number of aryl methyl sites for hydroxylation is 1. The van der Waals surface area contributed by atoms with Crippen molar-refractivity contribution in [1.82, 2.24) is 0 Å². The van der Waals surface area contributed by atoms with E-state index in [4.69, 9.17) is 9.90 Å². The normalized spacial score (nSPS) is 7.82. The van der Waals surface area contributed by atoms with Crippen molar-refractivity contribution >= 4 is 17.9 Å². The second-order valence-electron chi connectivity index (χ2n) is 1.94. The van der Waals surface area contributed by atoms with Gasteiger partial charge in [0.25, 0.3) is 0 Å². The van der Waals surface area contributed by atoms with Crippen molar-refractivity contribution in [3.05, 3.63) is 35.9 Å². The van der Waals surface area contributed by atoms with Gasteiger partial charge in [-0.05, 0) is 6.92 Å². The largest absolute Gasteiger partial charge is 0.473 e. The molecule has 0 amide bonds. The molecule has 0 spiro atoms. The Kier molecular flexibility index (Phi) is 5.29. The molecule has 0 aromatic heterocycles. The molecule has 0 saturated carbocycles. The lowest BCUT2D eigenvalue weighted by molar-refractivity contribution is 0.222. The Morgan fingerprint density at radius 1 is 1.36 bits per heavy atom. The molecule has 11 heavy (non-hydrogen) atoms. The van der Waals surface area contributed by atoms with E-state index in [1.54, 1.807) is 0 Å². The predicted molar refractivity (Wildman–Crippen MR) is 48.2 cm³/mol. The van der Waals surface area contributed by atoms with Gasteiger partial charge in [-0.25, -0.2) is 4.79 Å². The molecular formula is C8H10O2S. The summed E-state index contributed by atoms with van der Waals surface area (Å²) in [5, 5.41) is 6.14. The SMILES string of the molecule is Cc1ccccc1.O=C(O)S. The van der Waals surface area contributed by atoms with Crippen molar-refractivity contribution in [1.29, 1.82) is 0 Å². The second kappa shape index (κ2) is 5.80. The molecule has 60 valence electrons. The van der Waals surface area contributed by atoms with Crippen LogP contribution in [-0.4, -0.2) is 10.4 Å². The molecule has 1 rings (SSSR count). The zero-order chi connectivity index (χ0) is 8.69. The lowest BCUT2D eigenvalue weighted by atomic mass is 10.2. The first-order chi connectivity index (χ1) is 5.13. The number of hydrogen-bond acceptors (Lipinski definition) is 1. The van der Waals surface area contributed by atoms with E-state index in [-0.39, 0.29) is 0 Å². The summed E-state index contributed by atoms with van der Waals surface area (Å²) in [6, 6.07) is 10.3. The zero-order valence-electron chi connectivity index (χ0n) is 6.19. The Hall–Kier alpha value is -0.960. The van der Waals surface area contributed by atoms with E-state index in [1.807, 2.05) is 18.2 Å². The lowest BCUT2D eigenvalue weighted by Crippen LogP contribution is -1.67. The highest BCUT2D eigenvalue weighted by molar-refractivity contribution is 7.96. The van der Waals surface area contributed by atoms with Gasteiger partial charge in [-0.2, -0.15) is 0 Å². The van der Waals surface area contributed by atoms with Gasteiger partial charge < -0.3 is 5.11 Å². The number of carbonyl (C=O) groups is 1. The quantitative estimate of drug-likeness (QED) is 0.587. The molecule has 0 aliphatic rings. The maximum absolute atomic E-state index is 8.86. The van der Waals surface area contributed by atoms with Crippen LogP contribution >= 0.6 is 12.6 Å². The molecule has 0 heterocycles. The van der Waals surface area contributed by atoms with E-state index < -0.39 is 5.30 Å². The smallest absolute Gasteiger partial charge is 0.361 e. The third-order valence-electron chi connectivity index (χ3n) is 0.940. The van der Waals surface area contributed by atoms with Crippen molar-refractivity contribution in [2.75, 3.05) is 0 Å². The average molecular weight is 170 g/mol. The number of hydrogen-bond donors (Lipinski definition) is 2. The van der Waals surface area contributed by atoms with Crippen LogP contribution in [0.5, 0.6) is 0 Å². The number of rotatable bonds is 0. The Morgan fingerprint density at radius 2 is 1.73 bits per heavy atom. The van der Waals surface area contributed by atoms with Gasteiger partial charge >= 0.3 is 5.30 Å². The predicted octanol–water partition coefficient (Wildman–Crippen LogP) is 2.59. The fraction of sp³-hybridized carbons (Fsp3) is 0.125. The van der Waals surface area contributed by atoms with Crippen LogP contribution in [0.25, 0.3) is 0 Å². The van der Waals surface area contributed by atoms with Gasteiger partial charge in [0.15, 0.2) is 0 Å². The average Bonchev–Trinajstić information content (AvgIpc) is 1.87. The summed E-state index contributed by atoms with van der Waals surface area (Å²) < 4.78 is 0. The standard InChI is InChI=1S/C7H8.CH2O2S/c1-7-5-3-2-4-6-7;2-1(3)4/h2-6H,1H3;4H,(H,2,3). The highest BCUT2D eigenvalue weighted by Gasteiger charge is 1.72. The molecule has 0 radical (unpaired) electrons.